The van der Waals surface area contributed by atoms with E-state index in [1.165, 1.54) is 89.9 Å². The fourth-order valence-corrected chi connectivity index (χ4v) is 7.22. The van der Waals surface area contributed by atoms with E-state index < -0.39 is 11.9 Å². The predicted molar refractivity (Wildman–Crippen MR) is 238 cm³/mol. The van der Waals surface area contributed by atoms with Crippen molar-refractivity contribution in [3.05, 3.63) is 71.8 Å². The van der Waals surface area contributed by atoms with E-state index in [1.807, 2.05) is 60.7 Å². The van der Waals surface area contributed by atoms with E-state index in [0.29, 0.717) is 51.7 Å². The molecule has 0 amide bonds. The fourth-order valence-electron chi connectivity index (χ4n) is 7.22. The van der Waals surface area contributed by atoms with Crippen molar-refractivity contribution in [3.8, 4) is 0 Å². The Morgan fingerprint density at radius 2 is 0.780 bits per heavy atom. The number of unbranched alkanes of at least 4 members (excludes halogenated alkanes) is 14. The SMILES string of the molecule is CCCCCCCCCCC(O)CCC(CCCC(=O)[O-])OCc1ccccc1.CCCCCCCCCCC(O)CCC(CCCC(=O)[O-])OCc1ccccc1.[Ba+2]. The zero-order chi connectivity index (χ0) is 42.3. The van der Waals surface area contributed by atoms with Gasteiger partial charge >= 0.3 is 48.9 Å². The molecule has 2 N–H and O–H groups in total. The molecule has 2 rings (SSSR count). The maximum Gasteiger partial charge on any atom is 2.00 e. The number of carbonyl (C=O) groups is 2. The summed E-state index contributed by atoms with van der Waals surface area (Å²) >= 11 is 0. The van der Waals surface area contributed by atoms with Crippen LogP contribution in [0.15, 0.2) is 60.7 Å². The number of carboxylic acid groups (broad SMARTS) is 2. The van der Waals surface area contributed by atoms with Crippen molar-refractivity contribution in [1.29, 1.82) is 0 Å². The van der Waals surface area contributed by atoms with Gasteiger partial charge in [-0.2, -0.15) is 0 Å². The summed E-state index contributed by atoms with van der Waals surface area (Å²) in [5.41, 5.74) is 2.22. The smallest absolute Gasteiger partial charge is 0.550 e. The molecule has 59 heavy (non-hydrogen) atoms. The van der Waals surface area contributed by atoms with Gasteiger partial charge in [0.05, 0.1) is 37.6 Å². The van der Waals surface area contributed by atoms with Crippen molar-refractivity contribution in [2.24, 2.45) is 0 Å². The van der Waals surface area contributed by atoms with E-state index in [0.717, 1.165) is 49.7 Å². The number of rotatable bonds is 38. The van der Waals surface area contributed by atoms with Gasteiger partial charge in [0.2, 0.25) is 0 Å². The summed E-state index contributed by atoms with van der Waals surface area (Å²) in [5, 5.41) is 42.0. The first-order valence-electron chi connectivity index (χ1n) is 23.3. The van der Waals surface area contributed by atoms with Crippen LogP contribution in [0.4, 0.5) is 0 Å². The number of aliphatic carboxylic acids is 2. The molecule has 0 saturated carbocycles. The van der Waals surface area contributed by atoms with Gasteiger partial charge in [-0.15, -0.1) is 0 Å². The van der Waals surface area contributed by atoms with Gasteiger partial charge in [0.25, 0.3) is 0 Å². The van der Waals surface area contributed by atoms with Crippen molar-refractivity contribution >= 4 is 60.8 Å². The molecule has 2 aromatic carbocycles. The number of benzene rings is 2. The summed E-state index contributed by atoms with van der Waals surface area (Å²) in [6.07, 6.45) is 26.9. The Morgan fingerprint density at radius 3 is 1.10 bits per heavy atom. The second-order valence-electron chi connectivity index (χ2n) is 16.4. The van der Waals surface area contributed by atoms with Crippen LogP contribution in [0.25, 0.3) is 0 Å². The molecule has 2 aromatic rings. The van der Waals surface area contributed by atoms with Gasteiger partial charge in [-0.1, -0.05) is 177 Å². The summed E-state index contributed by atoms with van der Waals surface area (Å²) in [6.45, 7) is 5.51. The summed E-state index contributed by atoms with van der Waals surface area (Å²) in [5.74, 6) is -2.02. The summed E-state index contributed by atoms with van der Waals surface area (Å²) in [7, 11) is 0. The molecule has 0 aliphatic carbocycles. The van der Waals surface area contributed by atoms with Crippen LogP contribution in [0.2, 0.25) is 0 Å². The third-order valence-electron chi connectivity index (χ3n) is 10.9. The van der Waals surface area contributed by atoms with Gasteiger partial charge in [0.1, 0.15) is 0 Å². The second-order valence-corrected chi connectivity index (χ2v) is 16.4. The van der Waals surface area contributed by atoms with Gasteiger partial charge in [-0.05, 0) is 88.2 Å². The van der Waals surface area contributed by atoms with Crippen LogP contribution in [0.5, 0.6) is 0 Å². The molecule has 0 aromatic heterocycles. The van der Waals surface area contributed by atoms with Crippen LogP contribution in [-0.2, 0) is 32.3 Å². The molecule has 0 bridgehead atoms. The molecule has 4 unspecified atom stereocenters. The largest absolute Gasteiger partial charge is 2.00 e. The van der Waals surface area contributed by atoms with Crippen molar-refractivity contribution in [3.63, 3.8) is 0 Å². The Balaban J connectivity index is 0.00000112. The zero-order valence-electron chi connectivity index (χ0n) is 37.3. The van der Waals surface area contributed by atoms with Crippen LogP contribution < -0.4 is 10.2 Å². The maximum absolute atomic E-state index is 10.7. The number of hydrogen-bond donors (Lipinski definition) is 2. The minimum atomic E-state index is -1.01. The van der Waals surface area contributed by atoms with Gasteiger partial charge in [0, 0.05) is 11.9 Å². The molecule has 0 aliphatic rings. The Kier molecular flexibility index (Phi) is 41.2. The molecule has 4 atom stereocenters. The van der Waals surface area contributed by atoms with Gasteiger partial charge in [-0.25, -0.2) is 0 Å². The van der Waals surface area contributed by atoms with Gasteiger partial charge < -0.3 is 39.5 Å². The van der Waals surface area contributed by atoms with Crippen molar-refractivity contribution in [2.75, 3.05) is 0 Å². The normalized spacial score (nSPS) is 13.1. The van der Waals surface area contributed by atoms with E-state index in [-0.39, 0.29) is 86.1 Å². The van der Waals surface area contributed by atoms with Crippen molar-refractivity contribution in [2.45, 2.75) is 231 Å². The van der Waals surface area contributed by atoms with Crippen LogP contribution in [0.1, 0.15) is 205 Å². The van der Waals surface area contributed by atoms with Gasteiger partial charge in [0.15, 0.2) is 0 Å². The van der Waals surface area contributed by atoms with Crippen LogP contribution in [0, 0.1) is 0 Å². The van der Waals surface area contributed by atoms with Gasteiger partial charge in [-0.3, -0.25) is 0 Å². The molecular weight excluding hydrogens is 866 g/mol. The number of aliphatic hydroxyl groups excluding tert-OH is 2. The molecule has 9 heteroatoms. The summed E-state index contributed by atoms with van der Waals surface area (Å²) in [4.78, 5) is 21.4. The summed E-state index contributed by atoms with van der Waals surface area (Å²) in [6, 6.07) is 20.0. The molecule has 0 saturated heterocycles. The molecule has 0 spiro atoms. The molecule has 332 valence electrons. The second kappa shape index (κ2) is 42.1. The molecule has 0 aliphatic heterocycles. The number of ether oxygens (including phenoxy) is 2. The quantitative estimate of drug-likeness (QED) is 0.0501. The average molecular weight is 949 g/mol. The minimum absolute atomic E-state index is 0. The standard InChI is InChI=1S/2C25H42O4.Ba/c2*1-2-3-4-5-6-7-8-12-16-23(26)19-20-24(17-13-18-25(27)28)29-21-22-14-10-9-11-15-22;/h2*9-11,14-15,23-24,26H,2-8,12-13,16-21H2,1H3,(H,27,28);/q;;+2/p-2. The number of aliphatic hydroxyl groups is 2. The monoisotopic (exact) mass is 949 g/mol. The minimum Gasteiger partial charge on any atom is -0.550 e. The summed E-state index contributed by atoms with van der Waals surface area (Å²) < 4.78 is 12.1. The van der Waals surface area contributed by atoms with Crippen molar-refractivity contribution in [1.82, 2.24) is 0 Å². The Labute approximate surface area is 400 Å². The average Bonchev–Trinajstić information content (AvgIpc) is 3.22. The first kappa shape index (κ1) is 57.8. The van der Waals surface area contributed by atoms with Crippen LogP contribution >= 0.6 is 0 Å². The van der Waals surface area contributed by atoms with E-state index >= 15 is 0 Å². The fraction of sp³-hybridized carbons (Fsp3) is 0.720. The Bertz CT molecular complexity index is 1110. The molecule has 0 fully saturated rings. The van der Waals surface area contributed by atoms with E-state index in [9.17, 15) is 30.0 Å². The number of carboxylic acids is 2. The zero-order valence-corrected chi connectivity index (χ0v) is 41.8. The predicted octanol–water partition coefficient (Wildman–Crippen LogP) is 9.95. The third-order valence-corrected chi connectivity index (χ3v) is 10.9. The maximum atomic E-state index is 10.7. The molecular formula is C50H82BaO8. The number of hydrogen-bond acceptors (Lipinski definition) is 8. The van der Waals surface area contributed by atoms with Crippen LogP contribution in [-0.4, -0.2) is 95.4 Å². The van der Waals surface area contributed by atoms with E-state index in [4.69, 9.17) is 9.47 Å². The van der Waals surface area contributed by atoms with E-state index in [2.05, 4.69) is 13.8 Å². The topological polar surface area (TPSA) is 139 Å². The van der Waals surface area contributed by atoms with Crippen LogP contribution in [0.3, 0.4) is 0 Å². The molecule has 0 radical (unpaired) electrons. The first-order valence-corrected chi connectivity index (χ1v) is 23.3. The Hall–Kier alpha value is -1.21. The molecule has 0 heterocycles. The number of carbonyl (C=O) groups excluding carboxylic acids is 2. The Morgan fingerprint density at radius 1 is 0.458 bits per heavy atom. The third kappa shape index (κ3) is 38.2. The first-order chi connectivity index (χ1) is 28.2. The molecule has 8 nitrogen and oxygen atoms in total. The van der Waals surface area contributed by atoms with Crippen molar-refractivity contribution < 1.29 is 39.5 Å². The van der Waals surface area contributed by atoms with E-state index in [1.54, 1.807) is 0 Å².